The third-order valence-corrected chi connectivity index (χ3v) is 4.65. The number of hydrogen-bond donors (Lipinski definition) is 1. The number of primary amides is 1. The maximum Gasteiger partial charge on any atom is 0.509 e. The molecule has 3 rings (SSSR count). The minimum absolute atomic E-state index is 0.196. The average Bonchev–Trinajstić information content (AvgIpc) is 3.06. The third-order valence-electron chi connectivity index (χ3n) is 4.65. The fraction of sp³-hybridized carbons (Fsp3) is 0.647. The van der Waals surface area contributed by atoms with Gasteiger partial charge in [-0.1, -0.05) is 20.8 Å². The molecular formula is C17H24N2O5. The van der Waals surface area contributed by atoms with Crippen molar-refractivity contribution in [2.75, 3.05) is 19.7 Å². The second-order valence-electron chi connectivity index (χ2n) is 7.68. The van der Waals surface area contributed by atoms with Crippen LogP contribution in [-0.4, -0.2) is 42.3 Å². The Hall–Kier alpha value is -2.02. The van der Waals surface area contributed by atoms with Gasteiger partial charge in [-0.05, 0) is 6.07 Å². The molecule has 0 bridgehead atoms. The third kappa shape index (κ3) is 3.26. The zero-order valence-electron chi connectivity index (χ0n) is 14.4. The Bertz CT molecular complexity index is 650. The summed E-state index contributed by atoms with van der Waals surface area (Å²) in [5, 5.41) is 0. The van der Waals surface area contributed by atoms with E-state index in [1.807, 2.05) is 20.8 Å². The first-order valence-electron chi connectivity index (χ1n) is 8.20. The Morgan fingerprint density at radius 1 is 1.33 bits per heavy atom. The smallest absolute Gasteiger partial charge is 0.455 e. The van der Waals surface area contributed by atoms with Crippen molar-refractivity contribution in [3.8, 4) is 0 Å². The van der Waals surface area contributed by atoms with Crippen LogP contribution in [-0.2, 0) is 21.4 Å². The fourth-order valence-corrected chi connectivity index (χ4v) is 3.33. The number of rotatable bonds is 3. The summed E-state index contributed by atoms with van der Waals surface area (Å²) in [6.07, 6.45) is 0.910. The van der Waals surface area contributed by atoms with Crippen molar-refractivity contribution in [2.24, 2.45) is 5.73 Å². The van der Waals surface area contributed by atoms with Gasteiger partial charge in [-0.3, -0.25) is 9.69 Å². The highest BCUT2D eigenvalue weighted by Crippen LogP contribution is 2.34. The number of carbonyl (C=O) groups is 2. The molecule has 2 N–H and O–H groups in total. The molecule has 0 unspecified atom stereocenters. The van der Waals surface area contributed by atoms with Gasteiger partial charge in [0.05, 0.1) is 0 Å². The average molecular weight is 336 g/mol. The Labute approximate surface area is 141 Å². The normalized spacial score (nSPS) is 20.9. The molecule has 24 heavy (non-hydrogen) atoms. The van der Waals surface area contributed by atoms with E-state index in [2.05, 4.69) is 4.90 Å². The molecule has 2 aliphatic heterocycles. The van der Waals surface area contributed by atoms with Gasteiger partial charge in [-0.25, -0.2) is 4.79 Å². The van der Waals surface area contributed by atoms with Crippen LogP contribution < -0.4 is 5.73 Å². The highest BCUT2D eigenvalue weighted by atomic mass is 16.8. The van der Waals surface area contributed by atoms with E-state index in [0.717, 1.165) is 37.3 Å². The molecule has 3 heterocycles. The standard InChI is InChI=1S/C17H24N2O5/c1-16(2,3)13-11(8-12(23-13)14(18)20)9-19-6-4-17(5-7-19)10-22-15(21)24-17/h8H,4-7,9-10H2,1-3H3,(H2,18,20). The van der Waals surface area contributed by atoms with Gasteiger partial charge < -0.3 is 19.6 Å². The number of nitrogens with zero attached hydrogens (tertiary/aromatic N) is 1. The highest BCUT2D eigenvalue weighted by molar-refractivity contribution is 5.90. The quantitative estimate of drug-likeness (QED) is 0.850. The van der Waals surface area contributed by atoms with Crippen LogP contribution in [0.2, 0.25) is 0 Å². The minimum atomic E-state index is -0.570. The molecule has 132 valence electrons. The van der Waals surface area contributed by atoms with E-state index in [9.17, 15) is 9.59 Å². The Morgan fingerprint density at radius 2 is 2.00 bits per heavy atom. The molecule has 0 atom stereocenters. The second kappa shape index (κ2) is 5.81. The summed E-state index contributed by atoms with van der Waals surface area (Å²) >= 11 is 0. The highest BCUT2D eigenvalue weighted by Gasteiger charge is 2.44. The Kier molecular flexibility index (Phi) is 4.07. The molecule has 1 aromatic rings. The number of ether oxygens (including phenoxy) is 2. The fourth-order valence-electron chi connectivity index (χ4n) is 3.33. The Morgan fingerprint density at radius 3 is 2.50 bits per heavy atom. The molecule has 0 aromatic carbocycles. The van der Waals surface area contributed by atoms with Crippen LogP contribution in [0.15, 0.2) is 10.5 Å². The monoisotopic (exact) mass is 336 g/mol. The Balaban J connectivity index is 1.71. The van der Waals surface area contributed by atoms with Crippen LogP contribution in [0.3, 0.4) is 0 Å². The summed E-state index contributed by atoms with van der Waals surface area (Å²) in [5.74, 6) is 0.424. The van der Waals surface area contributed by atoms with Crippen molar-refractivity contribution in [3.63, 3.8) is 0 Å². The number of likely N-dealkylation sites (tertiary alicyclic amines) is 1. The number of furan rings is 1. The van der Waals surface area contributed by atoms with E-state index in [-0.39, 0.29) is 11.2 Å². The van der Waals surface area contributed by atoms with Gasteiger partial charge in [0.15, 0.2) is 11.4 Å². The lowest BCUT2D eigenvalue weighted by Gasteiger charge is -2.36. The maximum atomic E-state index is 11.4. The summed E-state index contributed by atoms with van der Waals surface area (Å²) in [4.78, 5) is 24.9. The predicted octanol–water partition coefficient (Wildman–Crippen LogP) is 2.18. The molecule has 0 aliphatic carbocycles. The number of carbonyl (C=O) groups excluding carboxylic acids is 2. The number of cyclic esters (lactones) is 1. The van der Waals surface area contributed by atoms with Gasteiger partial charge in [0, 0.05) is 43.5 Å². The molecule has 1 aromatic heterocycles. The zero-order chi connectivity index (χ0) is 17.5. The lowest BCUT2D eigenvalue weighted by atomic mass is 9.89. The predicted molar refractivity (Wildman–Crippen MR) is 85.6 cm³/mol. The van der Waals surface area contributed by atoms with Gasteiger partial charge in [0.2, 0.25) is 0 Å². The van der Waals surface area contributed by atoms with Gasteiger partial charge >= 0.3 is 6.16 Å². The van der Waals surface area contributed by atoms with E-state index < -0.39 is 17.7 Å². The van der Waals surface area contributed by atoms with E-state index in [4.69, 9.17) is 19.6 Å². The summed E-state index contributed by atoms with van der Waals surface area (Å²) in [6, 6.07) is 1.74. The van der Waals surface area contributed by atoms with Crippen LogP contribution in [0, 0.1) is 0 Å². The SMILES string of the molecule is CC(C)(C)c1oc(C(N)=O)cc1CN1CCC2(CC1)COC(=O)O2. The summed E-state index contributed by atoms with van der Waals surface area (Å²) in [5.41, 5.74) is 5.66. The minimum Gasteiger partial charge on any atom is -0.455 e. The van der Waals surface area contributed by atoms with Gasteiger partial charge in [-0.2, -0.15) is 0 Å². The number of piperidine rings is 1. The van der Waals surface area contributed by atoms with E-state index >= 15 is 0 Å². The molecule has 2 saturated heterocycles. The molecule has 7 heteroatoms. The van der Waals surface area contributed by atoms with Gasteiger partial charge in [0.25, 0.3) is 5.91 Å². The van der Waals surface area contributed by atoms with Crippen molar-refractivity contribution in [1.82, 2.24) is 4.90 Å². The van der Waals surface area contributed by atoms with Crippen LogP contribution in [0.4, 0.5) is 4.79 Å². The molecule has 1 spiro atoms. The first-order valence-corrected chi connectivity index (χ1v) is 8.20. The van der Waals surface area contributed by atoms with Gasteiger partial charge in [0.1, 0.15) is 12.4 Å². The molecule has 0 saturated carbocycles. The van der Waals surface area contributed by atoms with Crippen molar-refractivity contribution >= 4 is 12.1 Å². The first kappa shape index (κ1) is 16.8. The topological polar surface area (TPSA) is 95.0 Å². The van der Waals surface area contributed by atoms with E-state index in [1.54, 1.807) is 6.07 Å². The first-order chi connectivity index (χ1) is 11.2. The number of nitrogens with two attached hydrogens (primary N) is 1. The zero-order valence-corrected chi connectivity index (χ0v) is 14.4. The van der Waals surface area contributed by atoms with Crippen LogP contribution >= 0.6 is 0 Å². The summed E-state index contributed by atoms with van der Waals surface area (Å²) in [7, 11) is 0. The molecule has 2 fully saturated rings. The maximum absolute atomic E-state index is 11.4. The van der Waals surface area contributed by atoms with Crippen LogP contribution in [0.1, 0.15) is 55.5 Å². The number of amides is 1. The van der Waals surface area contributed by atoms with E-state index in [1.165, 1.54) is 0 Å². The largest absolute Gasteiger partial charge is 0.509 e. The molecule has 2 aliphatic rings. The van der Waals surface area contributed by atoms with Crippen molar-refractivity contribution in [1.29, 1.82) is 0 Å². The van der Waals surface area contributed by atoms with Crippen molar-refractivity contribution in [3.05, 3.63) is 23.2 Å². The van der Waals surface area contributed by atoms with Gasteiger partial charge in [-0.15, -0.1) is 0 Å². The second-order valence-corrected chi connectivity index (χ2v) is 7.68. The summed E-state index contributed by atoms with van der Waals surface area (Å²) < 4.78 is 16.0. The van der Waals surface area contributed by atoms with Crippen molar-refractivity contribution in [2.45, 2.75) is 51.2 Å². The van der Waals surface area contributed by atoms with Crippen molar-refractivity contribution < 1.29 is 23.5 Å². The lowest BCUT2D eigenvalue weighted by Crippen LogP contribution is -2.45. The van der Waals surface area contributed by atoms with Crippen LogP contribution in [0.5, 0.6) is 0 Å². The summed E-state index contributed by atoms with van der Waals surface area (Å²) in [6.45, 7) is 8.72. The van der Waals surface area contributed by atoms with Crippen LogP contribution in [0.25, 0.3) is 0 Å². The lowest BCUT2D eigenvalue weighted by molar-refractivity contribution is -0.00180. The molecule has 0 radical (unpaired) electrons. The molecule has 7 nitrogen and oxygen atoms in total. The van der Waals surface area contributed by atoms with E-state index in [0.29, 0.717) is 13.2 Å². The molecule has 1 amide bonds. The molecular weight excluding hydrogens is 312 g/mol. The number of hydrogen-bond acceptors (Lipinski definition) is 6.